The van der Waals surface area contributed by atoms with Crippen molar-refractivity contribution < 1.29 is 9.53 Å². The van der Waals surface area contributed by atoms with Gasteiger partial charge in [0.2, 0.25) is 0 Å². The molecule has 1 aromatic carbocycles. The lowest BCUT2D eigenvalue weighted by molar-refractivity contribution is 0.0839. The average Bonchev–Trinajstić information content (AvgIpc) is 2.67. The third-order valence-corrected chi connectivity index (χ3v) is 3.97. The van der Waals surface area contributed by atoms with Crippen molar-refractivity contribution in [2.45, 2.75) is 38.3 Å². The molecule has 2 N–H and O–H groups in total. The Morgan fingerprint density at radius 1 is 1.50 bits per heavy atom. The Morgan fingerprint density at radius 3 is 3.11 bits per heavy atom. The second kappa shape index (κ2) is 4.19. The molecular weight excluding hydrogens is 228 g/mol. The Balaban J connectivity index is 1.96. The predicted molar refractivity (Wildman–Crippen MR) is 69.2 cm³/mol. The molecule has 0 spiro atoms. The number of benzene rings is 1. The highest BCUT2D eigenvalue weighted by molar-refractivity contribution is 5.70. The van der Waals surface area contributed by atoms with Crippen LogP contribution in [-0.4, -0.2) is 23.6 Å². The topological polar surface area (TPSA) is 55.6 Å². The summed E-state index contributed by atoms with van der Waals surface area (Å²) >= 11 is 0. The van der Waals surface area contributed by atoms with Crippen molar-refractivity contribution in [2.24, 2.45) is 0 Å². The Hall–Kier alpha value is -1.71. The van der Waals surface area contributed by atoms with Crippen LogP contribution in [0.15, 0.2) is 18.2 Å². The molecule has 96 valence electrons. The van der Waals surface area contributed by atoms with Crippen molar-refractivity contribution in [1.82, 2.24) is 4.90 Å². The van der Waals surface area contributed by atoms with Gasteiger partial charge in [0.15, 0.2) is 0 Å². The minimum absolute atomic E-state index is 0.154. The Bertz CT molecular complexity index is 487. The van der Waals surface area contributed by atoms with Crippen LogP contribution in [-0.2, 0) is 11.2 Å². The Labute approximate surface area is 107 Å². The minimum Gasteiger partial charge on any atom is -0.450 e. The summed E-state index contributed by atoms with van der Waals surface area (Å²) in [6.07, 6.45) is 2.81. The van der Waals surface area contributed by atoms with Gasteiger partial charge in [0.25, 0.3) is 0 Å². The molecule has 2 unspecified atom stereocenters. The van der Waals surface area contributed by atoms with E-state index in [9.17, 15) is 4.79 Å². The van der Waals surface area contributed by atoms with E-state index in [1.807, 2.05) is 24.0 Å². The number of nitrogens with zero attached hydrogens (tertiary/aromatic N) is 1. The predicted octanol–water partition coefficient (Wildman–Crippen LogP) is 2.49. The molecule has 0 aromatic heterocycles. The van der Waals surface area contributed by atoms with E-state index in [2.05, 4.69) is 6.07 Å². The third-order valence-electron chi connectivity index (χ3n) is 3.97. The SMILES string of the molecule is CCOC(=O)N1C2CCC1c1cc(N)ccc1C2. The van der Waals surface area contributed by atoms with Crippen LogP contribution in [0, 0.1) is 0 Å². The van der Waals surface area contributed by atoms with Gasteiger partial charge < -0.3 is 10.5 Å². The monoisotopic (exact) mass is 246 g/mol. The van der Waals surface area contributed by atoms with E-state index in [1.54, 1.807) is 0 Å². The number of ether oxygens (including phenoxy) is 1. The third kappa shape index (κ3) is 1.64. The molecule has 4 heteroatoms. The molecule has 1 fully saturated rings. The zero-order chi connectivity index (χ0) is 12.7. The fraction of sp³-hybridized carbons (Fsp3) is 0.500. The fourth-order valence-corrected chi connectivity index (χ4v) is 3.23. The molecule has 1 aromatic rings. The smallest absolute Gasteiger partial charge is 0.410 e. The molecule has 2 aliphatic rings. The summed E-state index contributed by atoms with van der Waals surface area (Å²) in [4.78, 5) is 13.9. The van der Waals surface area contributed by atoms with Crippen molar-refractivity contribution in [2.75, 3.05) is 12.3 Å². The van der Waals surface area contributed by atoms with Gasteiger partial charge in [0.05, 0.1) is 12.6 Å². The van der Waals surface area contributed by atoms with Crippen molar-refractivity contribution >= 4 is 11.8 Å². The van der Waals surface area contributed by atoms with Gasteiger partial charge in [-0.1, -0.05) is 6.07 Å². The number of hydrogen-bond acceptors (Lipinski definition) is 3. The normalized spacial score (nSPS) is 24.8. The molecule has 1 saturated heterocycles. The van der Waals surface area contributed by atoms with E-state index in [4.69, 9.17) is 10.5 Å². The molecule has 18 heavy (non-hydrogen) atoms. The van der Waals surface area contributed by atoms with Crippen molar-refractivity contribution in [3.05, 3.63) is 29.3 Å². The molecule has 4 nitrogen and oxygen atoms in total. The standard InChI is InChI=1S/C14H18N2O2/c1-2-18-14(17)16-11-5-6-13(16)12-8-10(15)4-3-9(12)7-11/h3-4,8,11,13H,2,5-7,15H2,1H3. The molecule has 0 saturated carbocycles. The molecule has 3 rings (SSSR count). The van der Waals surface area contributed by atoms with Gasteiger partial charge in [-0.25, -0.2) is 4.79 Å². The molecule has 2 atom stereocenters. The molecule has 2 bridgehead atoms. The lowest BCUT2D eigenvalue weighted by Gasteiger charge is -2.35. The minimum atomic E-state index is -0.182. The molecular formula is C14H18N2O2. The second-order valence-electron chi connectivity index (χ2n) is 5.02. The van der Waals surface area contributed by atoms with Crippen LogP contribution in [0.4, 0.5) is 10.5 Å². The van der Waals surface area contributed by atoms with Crippen molar-refractivity contribution in [1.29, 1.82) is 0 Å². The quantitative estimate of drug-likeness (QED) is 0.774. The molecule has 0 aliphatic carbocycles. The molecule has 2 aliphatic heterocycles. The zero-order valence-electron chi connectivity index (χ0n) is 10.6. The van der Waals surface area contributed by atoms with E-state index >= 15 is 0 Å². The van der Waals surface area contributed by atoms with Crippen LogP contribution in [0.3, 0.4) is 0 Å². The first-order chi connectivity index (χ1) is 8.70. The number of carbonyl (C=O) groups is 1. The summed E-state index contributed by atoms with van der Waals surface area (Å²) in [5, 5.41) is 0. The summed E-state index contributed by atoms with van der Waals surface area (Å²) in [5.74, 6) is 0. The molecule has 2 heterocycles. The maximum absolute atomic E-state index is 12.0. The van der Waals surface area contributed by atoms with Gasteiger partial charge in [0.1, 0.15) is 0 Å². The average molecular weight is 246 g/mol. The first-order valence-corrected chi connectivity index (χ1v) is 6.54. The van der Waals surface area contributed by atoms with E-state index in [0.717, 1.165) is 24.9 Å². The summed E-state index contributed by atoms with van der Waals surface area (Å²) in [6.45, 7) is 2.27. The maximum atomic E-state index is 12.0. The highest BCUT2D eigenvalue weighted by Crippen LogP contribution is 2.44. The fourth-order valence-electron chi connectivity index (χ4n) is 3.23. The summed E-state index contributed by atoms with van der Waals surface area (Å²) in [7, 11) is 0. The van der Waals surface area contributed by atoms with Crippen LogP contribution in [0.2, 0.25) is 0 Å². The maximum Gasteiger partial charge on any atom is 0.410 e. The van der Waals surface area contributed by atoms with Crippen molar-refractivity contribution in [3.63, 3.8) is 0 Å². The molecule has 0 radical (unpaired) electrons. The number of fused-ring (bicyclic) bond motifs is 4. The van der Waals surface area contributed by atoms with E-state index in [-0.39, 0.29) is 12.1 Å². The lowest BCUT2D eigenvalue weighted by Crippen LogP contribution is -2.42. The number of amides is 1. The van der Waals surface area contributed by atoms with Gasteiger partial charge in [-0.3, -0.25) is 4.90 Å². The number of rotatable bonds is 1. The summed E-state index contributed by atoms with van der Waals surface area (Å²) < 4.78 is 5.16. The number of anilines is 1. The van der Waals surface area contributed by atoms with Crippen molar-refractivity contribution in [3.8, 4) is 0 Å². The number of nitrogens with two attached hydrogens (primary N) is 1. The molecule has 1 amide bonds. The Kier molecular flexibility index (Phi) is 2.65. The van der Waals surface area contributed by atoms with Crippen LogP contribution < -0.4 is 5.73 Å². The highest BCUT2D eigenvalue weighted by atomic mass is 16.6. The highest BCUT2D eigenvalue weighted by Gasteiger charge is 2.43. The van der Waals surface area contributed by atoms with E-state index in [1.165, 1.54) is 11.1 Å². The van der Waals surface area contributed by atoms with Crippen LogP contribution in [0.25, 0.3) is 0 Å². The lowest BCUT2D eigenvalue weighted by atomic mass is 9.93. The van der Waals surface area contributed by atoms with Gasteiger partial charge in [0, 0.05) is 11.7 Å². The summed E-state index contributed by atoms with van der Waals surface area (Å²) in [6, 6.07) is 6.50. The van der Waals surface area contributed by atoms with E-state index in [0.29, 0.717) is 12.6 Å². The van der Waals surface area contributed by atoms with Gasteiger partial charge in [-0.2, -0.15) is 0 Å². The van der Waals surface area contributed by atoms with Gasteiger partial charge in [-0.05, 0) is 49.4 Å². The van der Waals surface area contributed by atoms with Gasteiger partial charge in [-0.15, -0.1) is 0 Å². The van der Waals surface area contributed by atoms with Crippen LogP contribution in [0.1, 0.15) is 36.9 Å². The summed E-state index contributed by atoms with van der Waals surface area (Å²) in [5.41, 5.74) is 9.16. The first kappa shape index (κ1) is 11.4. The zero-order valence-corrected chi connectivity index (χ0v) is 10.6. The van der Waals surface area contributed by atoms with Crippen LogP contribution in [0.5, 0.6) is 0 Å². The number of hydrogen-bond donors (Lipinski definition) is 1. The van der Waals surface area contributed by atoms with E-state index < -0.39 is 0 Å². The van der Waals surface area contributed by atoms with Gasteiger partial charge >= 0.3 is 6.09 Å². The first-order valence-electron chi connectivity index (χ1n) is 6.54. The largest absolute Gasteiger partial charge is 0.450 e. The number of carbonyl (C=O) groups excluding carboxylic acids is 1. The second-order valence-corrected chi connectivity index (χ2v) is 5.02. The Morgan fingerprint density at radius 2 is 2.33 bits per heavy atom. The van der Waals surface area contributed by atoms with Crippen LogP contribution >= 0.6 is 0 Å². The number of nitrogen functional groups attached to an aromatic ring is 1.